The van der Waals surface area contributed by atoms with Crippen molar-refractivity contribution in [3.05, 3.63) is 0 Å². The first-order valence-electron chi connectivity index (χ1n) is 5.99. The fourth-order valence-electron chi connectivity index (χ4n) is 1.49. The summed E-state index contributed by atoms with van der Waals surface area (Å²) in [6, 6.07) is 0.483. The Morgan fingerprint density at radius 2 is 1.87 bits per heavy atom. The van der Waals surface area contributed by atoms with Crippen LogP contribution in [0.5, 0.6) is 0 Å². The topological polar surface area (TPSA) is 46.2 Å². The minimum Gasteiger partial charge on any atom is -0.314 e. The summed E-state index contributed by atoms with van der Waals surface area (Å²) >= 11 is 0. The molecule has 0 bridgehead atoms. The second kappa shape index (κ2) is 8.11. The van der Waals surface area contributed by atoms with Crippen LogP contribution in [0, 0.1) is 0 Å². The lowest BCUT2D eigenvalue weighted by Crippen LogP contribution is -2.29. The predicted octanol–water partition coefficient (Wildman–Crippen LogP) is 1.98. The van der Waals surface area contributed by atoms with Crippen molar-refractivity contribution < 1.29 is 8.42 Å². The van der Waals surface area contributed by atoms with Gasteiger partial charge < -0.3 is 5.32 Å². The molecule has 1 N–H and O–H groups in total. The molecule has 0 amide bonds. The molecule has 0 aliphatic rings. The largest absolute Gasteiger partial charge is 0.314 e. The maximum absolute atomic E-state index is 11.3. The Labute approximate surface area is 94.6 Å². The molecule has 0 rings (SSSR count). The summed E-state index contributed by atoms with van der Waals surface area (Å²) in [6.07, 6.45) is 3.96. The van der Waals surface area contributed by atoms with E-state index >= 15 is 0 Å². The smallest absolute Gasteiger partial charge is 0.150 e. The molecule has 1 atom stereocenters. The molecule has 0 spiro atoms. The van der Waals surface area contributed by atoms with E-state index in [0.717, 1.165) is 32.2 Å². The highest BCUT2D eigenvalue weighted by Gasteiger charge is 2.09. The van der Waals surface area contributed by atoms with Crippen LogP contribution in [-0.2, 0) is 9.84 Å². The monoisotopic (exact) mass is 235 g/mol. The molecule has 0 saturated carbocycles. The average molecular weight is 235 g/mol. The first-order valence-corrected chi connectivity index (χ1v) is 7.81. The zero-order valence-electron chi connectivity index (χ0n) is 10.3. The van der Waals surface area contributed by atoms with Crippen LogP contribution in [0.1, 0.15) is 46.5 Å². The maximum Gasteiger partial charge on any atom is 0.150 e. The molecule has 0 fully saturated rings. The van der Waals surface area contributed by atoms with Crippen molar-refractivity contribution >= 4 is 9.84 Å². The van der Waals surface area contributed by atoms with E-state index < -0.39 is 9.84 Å². The molecule has 0 aromatic rings. The molecule has 0 saturated heterocycles. The lowest BCUT2D eigenvalue weighted by molar-refractivity contribution is 0.463. The van der Waals surface area contributed by atoms with Gasteiger partial charge in [-0.05, 0) is 32.2 Å². The van der Waals surface area contributed by atoms with Gasteiger partial charge >= 0.3 is 0 Å². The standard InChI is InChI=1S/C11H25NO2S/c1-4-9-12-11(5-2)8-7-10-15(13,14)6-3/h11-12H,4-10H2,1-3H3. The van der Waals surface area contributed by atoms with Gasteiger partial charge in [0.15, 0.2) is 0 Å². The highest BCUT2D eigenvalue weighted by atomic mass is 32.2. The summed E-state index contributed by atoms with van der Waals surface area (Å²) in [5.41, 5.74) is 0. The highest BCUT2D eigenvalue weighted by molar-refractivity contribution is 7.91. The van der Waals surface area contributed by atoms with Crippen LogP contribution in [0.25, 0.3) is 0 Å². The predicted molar refractivity (Wildman–Crippen MR) is 65.9 cm³/mol. The zero-order valence-corrected chi connectivity index (χ0v) is 11.1. The van der Waals surface area contributed by atoms with Crippen molar-refractivity contribution in [2.24, 2.45) is 0 Å². The first kappa shape index (κ1) is 14.9. The number of sulfone groups is 1. The molecular weight excluding hydrogens is 210 g/mol. The normalized spacial score (nSPS) is 14.1. The van der Waals surface area contributed by atoms with E-state index in [2.05, 4.69) is 19.2 Å². The molecule has 0 aromatic heterocycles. The van der Waals surface area contributed by atoms with Crippen LogP contribution in [-0.4, -0.2) is 32.5 Å². The van der Waals surface area contributed by atoms with Gasteiger partial charge in [-0.2, -0.15) is 0 Å². The van der Waals surface area contributed by atoms with Crippen LogP contribution in [0.2, 0.25) is 0 Å². The Hall–Kier alpha value is -0.0900. The van der Waals surface area contributed by atoms with E-state index in [1.54, 1.807) is 6.92 Å². The Balaban J connectivity index is 3.72. The molecule has 1 unspecified atom stereocenters. The molecular formula is C11H25NO2S. The van der Waals surface area contributed by atoms with Gasteiger partial charge in [-0.3, -0.25) is 0 Å². The van der Waals surface area contributed by atoms with Gasteiger partial charge in [0.25, 0.3) is 0 Å². The second-order valence-electron chi connectivity index (χ2n) is 3.94. The molecule has 3 nitrogen and oxygen atoms in total. The van der Waals surface area contributed by atoms with Crippen LogP contribution < -0.4 is 5.32 Å². The van der Waals surface area contributed by atoms with E-state index in [4.69, 9.17) is 0 Å². The van der Waals surface area contributed by atoms with Crippen LogP contribution in [0.4, 0.5) is 0 Å². The van der Waals surface area contributed by atoms with Gasteiger partial charge in [0.05, 0.1) is 5.75 Å². The molecule has 0 aliphatic carbocycles. The van der Waals surface area contributed by atoms with Crippen molar-refractivity contribution in [2.75, 3.05) is 18.1 Å². The quantitative estimate of drug-likeness (QED) is 0.664. The third kappa shape index (κ3) is 7.79. The minimum absolute atomic E-state index is 0.270. The van der Waals surface area contributed by atoms with Gasteiger partial charge in [-0.1, -0.05) is 20.8 Å². The third-order valence-electron chi connectivity index (χ3n) is 2.62. The van der Waals surface area contributed by atoms with Crippen molar-refractivity contribution in [2.45, 2.75) is 52.5 Å². The van der Waals surface area contributed by atoms with Gasteiger partial charge in [0.1, 0.15) is 9.84 Å². The summed E-state index contributed by atoms with van der Waals surface area (Å²) < 4.78 is 22.5. The molecule has 4 heteroatoms. The summed E-state index contributed by atoms with van der Waals surface area (Å²) in [4.78, 5) is 0. The van der Waals surface area contributed by atoms with Crippen molar-refractivity contribution in [3.63, 3.8) is 0 Å². The fourth-order valence-corrected chi connectivity index (χ4v) is 2.39. The maximum atomic E-state index is 11.3. The number of hydrogen-bond acceptors (Lipinski definition) is 3. The molecule has 0 heterocycles. The molecule has 15 heavy (non-hydrogen) atoms. The Morgan fingerprint density at radius 1 is 1.20 bits per heavy atom. The fraction of sp³-hybridized carbons (Fsp3) is 1.00. The van der Waals surface area contributed by atoms with Crippen LogP contribution in [0.15, 0.2) is 0 Å². The van der Waals surface area contributed by atoms with E-state index in [1.807, 2.05) is 0 Å². The van der Waals surface area contributed by atoms with Gasteiger partial charge in [0, 0.05) is 11.8 Å². The third-order valence-corrected chi connectivity index (χ3v) is 4.41. The highest BCUT2D eigenvalue weighted by Crippen LogP contribution is 2.04. The Morgan fingerprint density at radius 3 is 2.33 bits per heavy atom. The molecule has 0 radical (unpaired) electrons. The summed E-state index contributed by atoms with van der Waals surface area (Å²) in [5, 5.41) is 3.43. The number of nitrogens with one attached hydrogen (secondary N) is 1. The lowest BCUT2D eigenvalue weighted by atomic mass is 10.1. The zero-order chi connectivity index (χ0) is 11.7. The van der Waals surface area contributed by atoms with Gasteiger partial charge in [-0.25, -0.2) is 8.42 Å². The Kier molecular flexibility index (Phi) is 8.06. The lowest BCUT2D eigenvalue weighted by Gasteiger charge is -2.16. The molecule has 0 aromatic carbocycles. The van der Waals surface area contributed by atoms with Crippen molar-refractivity contribution in [3.8, 4) is 0 Å². The first-order chi connectivity index (χ1) is 7.05. The van der Waals surface area contributed by atoms with E-state index in [1.165, 1.54) is 0 Å². The molecule has 92 valence electrons. The van der Waals surface area contributed by atoms with E-state index in [0.29, 0.717) is 11.8 Å². The second-order valence-corrected chi connectivity index (χ2v) is 6.41. The van der Waals surface area contributed by atoms with Gasteiger partial charge in [0.2, 0.25) is 0 Å². The van der Waals surface area contributed by atoms with Gasteiger partial charge in [-0.15, -0.1) is 0 Å². The van der Waals surface area contributed by atoms with Crippen LogP contribution >= 0.6 is 0 Å². The van der Waals surface area contributed by atoms with Crippen molar-refractivity contribution in [1.29, 1.82) is 0 Å². The minimum atomic E-state index is -2.77. The SMILES string of the molecule is CCCNC(CC)CCCS(=O)(=O)CC. The summed E-state index contributed by atoms with van der Waals surface area (Å²) in [5.74, 6) is 0.611. The average Bonchev–Trinajstić information content (AvgIpc) is 2.23. The summed E-state index contributed by atoms with van der Waals surface area (Å²) in [6.45, 7) is 7.02. The summed E-state index contributed by atoms with van der Waals surface area (Å²) in [7, 11) is -2.77. The molecule has 0 aliphatic heterocycles. The number of hydrogen-bond donors (Lipinski definition) is 1. The Bertz CT molecular complexity index is 237. The van der Waals surface area contributed by atoms with E-state index in [-0.39, 0.29) is 5.75 Å². The van der Waals surface area contributed by atoms with E-state index in [9.17, 15) is 8.42 Å². The van der Waals surface area contributed by atoms with Crippen LogP contribution in [0.3, 0.4) is 0 Å². The van der Waals surface area contributed by atoms with Crippen molar-refractivity contribution in [1.82, 2.24) is 5.32 Å². The number of rotatable bonds is 9.